The minimum absolute atomic E-state index is 0.0615. The fourth-order valence-corrected chi connectivity index (χ4v) is 1.96. The van der Waals surface area contributed by atoms with Gasteiger partial charge in [-0.05, 0) is 24.1 Å². The Morgan fingerprint density at radius 3 is 2.47 bits per heavy atom. The second kappa shape index (κ2) is 8.02. The van der Waals surface area contributed by atoms with Gasteiger partial charge >= 0.3 is 0 Å². The molecular formula is C13H16Cl2N2O2. The lowest BCUT2D eigenvalue weighted by atomic mass is 10.2. The Hall–Kier alpha value is -1.26. The van der Waals surface area contributed by atoms with Crippen LogP contribution in [0.15, 0.2) is 18.2 Å². The van der Waals surface area contributed by atoms with Gasteiger partial charge in [-0.3, -0.25) is 9.59 Å². The number of rotatable bonds is 6. The van der Waals surface area contributed by atoms with E-state index in [1.165, 1.54) is 0 Å². The standard InChI is InChI=1S/C13H16Cl2N2O2/c1-16-12(18)3-2-4-13(19)17-8-9-5-6-10(14)7-11(9)15/h5-7H,2-4,8H2,1H3,(H,16,18)(H,17,19). The van der Waals surface area contributed by atoms with Crippen LogP contribution in [0.2, 0.25) is 10.0 Å². The summed E-state index contributed by atoms with van der Waals surface area (Å²) in [4.78, 5) is 22.5. The number of nitrogens with one attached hydrogen (secondary N) is 2. The molecule has 0 aliphatic heterocycles. The van der Waals surface area contributed by atoms with E-state index in [1.54, 1.807) is 25.2 Å². The third kappa shape index (κ3) is 5.94. The zero-order valence-corrected chi connectivity index (χ0v) is 12.1. The highest BCUT2D eigenvalue weighted by molar-refractivity contribution is 6.35. The average molecular weight is 303 g/mol. The van der Waals surface area contributed by atoms with Crippen LogP contribution in [0.3, 0.4) is 0 Å². The molecule has 0 spiro atoms. The van der Waals surface area contributed by atoms with Gasteiger partial charge < -0.3 is 10.6 Å². The molecule has 4 nitrogen and oxygen atoms in total. The van der Waals surface area contributed by atoms with E-state index in [0.29, 0.717) is 35.9 Å². The van der Waals surface area contributed by atoms with Gasteiger partial charge in [-0.15, -0.1) is 0 Å². The molecule has 0 saturated heterocycles. The fourth-order valence-electron chi connectivity index (χ4n) is 1.48. The van der Waals surface area contributed by atoms with Crippen LogP contribution in [0.25, 0.3) is 0 Å². The van der Waals surface area contributed by atoms with Crippen molar-refractivity contribution >= 4 is 35.0 Å². The maximum atomic E-state index is 11.6. The summed E-state index contributed by atoms with van der Waals surface area (Å²) in [5, 5.41) is 6.35. The van der Waals surface area contributed by atoms with E-state index in [0.717, 1.165) is 5.56 Å². The van der Waals surface area contributed by atoms with Crippen molar-refractivity contribution < 1.29 is 9.59 Å². The van der Waals surface area contributed by atoms with Crippen LogP contribution in [0.4, 0.5) is 0 Å². The molecule has 2 amide bonds. The van der Waals surface area contributed by atoms with Gasteiger partial charge in [0.2, 0.25) is 11.8 Å². The Balaban J connectivity index is 2.32. The summed E-state index contributed by atoms with van der Waals surface area (Å²) in [6.07, 6.45) is 1.20. The lowest BCUT2D eigenvalue weighted by Gasteiger charge is -2.07. The Kier molecular flexibility index (Phi) is 6.67. The summed E-state index contributed by atoms with van der Waals surface area (Å²) < 4.78 is 0. The molecule has 0 aliphatic carbocycles. The zero-order valence-electron chi connectivity index (χ0n) is 10.6. The van der Waals surface area contributed by atoms with Gasteiger partial charge in [-0.1, -0.05) is 29.3 Å². The minimum Gasteiger partial charge on any atom is -0.359 e. The predicted octanol–water partition coefficient (Wildman–Crippen LogP) is 2.53. The van der Waals surface area contributed by atoms with Gasteiger partial charge in [-0.25, -0.2) is 0 Å². The highest BCUT2D eigenvalue weighted by Gasteiger charge is 2.06. The largest absolute Gasteiger partial charge is 0.359 e. The van der Waals surface area contributed by atoms with Gasteiger partial charge in [0.05, 0.1) is 0 Å². The average Bonchev–Trinajstić information content (AvgIpc) is 2.37. The SMILES string of the molecule is CNC(=O)CCCC(=O)NCc1ccc(Cl)cc1Cl. The van der Waals surface area contributed by atoms with Crippen LogP contribution in [0.1, 0.15) is 24.8 Å². The summed E-state index contributed by atoms with van der Waals surface area (Å²) >= 11 is 11.8. The van der Waals surface area contributed by atoms with E-state index in [-0.39, 0.29) is 11.8 Å². The molecule has 104 valence electrons. The van der Waals surface area contributed by atoms with Gasteiger partial charge in [-0.2, -0.15) is 0 Å². The molecule has 2 N–H and O–H groups in total. The Morgan fingerprint density at radius 2 is 1.84 bits per heavy atom. The van der Waals surface area contributed by atoms with Crippen molar-refractivity contribution in [1.82, 2.24) is 10.6 Å². The van der Waals surface area contributed by atoms with Gasteiger partial charge in [0.1, 0.15) is 0 Å². The second-order valence-electron chi connectivity index (χ2n) is 4.04. The number of carbonyl (C=O) groups is 2. The predicted molar refractivity (Wildman–Crippen MR) is 76.2 cm³/mol. The molecule has 1 aromatic carbocycles. The number of benzene rings is 1. The lowest BCUT2D eigenvalue weighted by molar-refractivity contribution is -0.122. The first-order valence-corrected chi connectivity index (χ1v) is 6.69. The summed E-state index contributed by atoms with van der Waals surface area (Å²) in [6.45, 7) is 0.356. The zero-order chi connectivity index (χ0) is 14.3. The summed E-state index contributed by atoms with van der Waals surface area (Å²) in [5.74, 6) is -0.163. The summed E-state index contributed by atoms with van der Waals surface area (Å²) in [5.41, 5.74) is 0.811. The molecule has 6 heteroatoms. The molecule has 1 aromatic rings. The van der Waals surface area contributed by atoms with Crippen molar-refractivity contribution in [3.8, 4) is 0 Å². The molecule has 1 rings (SSSR count). The Morgan fingerprint density at radius 1 is 1.16 bits per heavy atom. The topological polar surface area (TPSA) is 58.2 Å². The van der Waals surface area contributed by atoms with E-state index < -0.39 is 0 Å². The number of hydrogen-bond acceptors (Lipinski definition) is 2. The highest BCUT2D eigenvalue weighted by atomic mass is 35.5. The Bertz CT molecular complexity index is 464. The van der Waals surface area contributed by atoms with Crippen LogP contribution in [-0.2, 0) is 16.1 Å². The van der Waals surface area contributed by atoms with E-state index in [4.69, 9.17) is 23.2 Å². The van der Waals surface area contributed by atoms with Crippen molar-refractivity contribution in [2.45, 2.75) is 25.8 Å². The maximum Gasteiger partial charge on any atom is 0.220 e. The summed E-state index contributed by atoms with van der Waals surface area (Å²) in [6, 6.07) is 5.13. The smallest absolute Gasteiger partial charge is 0.220 e. The second-order valence-corrected chi connectivity index (χ2v) is 4.88. The first-order chi connectivity index (χ1) is 9.02. The number of hydrogen-bond donors (Lipinski definition) is 2. The normalized spacial score (nSPS) is 10.1. The van der Waals surface area contributed by atoms with Crippen LogP contribution in [-0.4, -0.2) is 18.9 Å². The van der Waals surface area contributed by atoms with Crippen LogP contribution in [0.5, 0.6) is 0 Å². The van der Waals surface area contributed by atoms with Crippen LogP contribution in [0, 0.1) is 0 Å². The lowest BCUT2D eigenvalue weighted by Crippen LogP contribution is -2.23. The third-order valence-electron chi connectivity index (χ3n) is 2.58. The maximum absolute atomic E-state index is 11.6. The van der Waals surface area contributed by atoms with E-state index in [2.05, 4.69) is 10.6 Å². The van der Waals surface area contributed by atoms with Crippen molar-refractivity contribution in [2.75, 3.05) is 7.05 Å². The van der Waals surface area contributed by atoms with Gasteiger partial charge in [0, 0.05) is 36.5 Å². The van der Waals surface area contributed by atoms with Crippen molar-refractivity contribution in [1.29, 1.82) is 0 Å². The van der Waals surface area contributed by atoms with Gasteiger partial charge in [0.15, 0.2) is 0 Å². The molecule has 0 aliphatic rings. The van der Waals surface area contributed by atoms with E-state index in [9.17, 15) is 9.59 Å². The van der Waals surface area contributed by atoms with Crippen LogP contribution < -0.4 is 10.6 Å². The Labute approximate surface area is 122 Å². The number of amides is 2. The number of halogens is 2. The monoisotopic (exact) mass is 302 g/mol. The van der Waals surface area contributed by atoms with Gasteiger partial charge in [0.25, 0.3) is 0 Å². The third-order valence-corrected chi connectivity index (χ3v) is 3.16. The molecule has 0 unspecified atom stereocenters. The molecule has 0 radical (unpaired) electrons. The minimum atomic E-state index is -0.102. The molecule has 0 aromatic heterocycles. The number of carbonyl (C=O) groups excluding carboxylic acids is 2. The van der Waals surface area contributed by atoms with Crippen LogP contribution >= 0.6 is 23.2 Å². The molecule has 0 atom stereocenters. The molecule has 0 fully saturated rings. The molecular weight excluding hydrogens is 287 g/mol. The van der Waals surface area contributed by atoms with E-state index >= 15 is 0 Å². The van der Waals surface area contributed by atoms with Crippen molar-refractivity contribution in [2.24, 2.45) is 0 Å². The van der Waals surface area contributed by atoms with Crippen molar-refractivity contribution in [3.05, 3.63) is 33.8 Å². The molecule has 0 bridgehead atoms. The fraction of sp³-hybridized carbons (Fsp3) is 0.385. The summed E-state index contributed by atoms with van der Waals surface area (Å²) in [7, 11) is 1.57. The highest BCUT2D eigenvalue weighted by Crippen LogP contribution is 2.20. The quantitative estimate of drug-likeness (QED) is 0.848. The van der Waals surface area contributed by atoms with Crippen molar-refractivity contribution in [3.63, 3.8) is 0 Å². The first-order valence-electron chi connectivity index (χ1n) is 5.94. The molecule has 0 heterocycles. The molecule has 0 saturated carbocycles. The first kappa shape index (κ1) is 15.8. The molecule has 19 heavy (non-hydrogen) atoms. The van der Waals surface area contributed by atoms with E-state index in [1.807, 2.05) is 0 Å².